The molecule has 0 bridgehead atoms. The second-order valence-electron chi connectivity index (χ2n) is 6.94. The van der Waals surface area contributed by atoms with Gasteiger partial charge in [0, 0.05) is 6.61 Å². The SMILES string of the molecule is CC(C)(C)CC(C)(C)c1ccc(O)c(CCO)c1. The van der Waals surface area contributed by atoms with Crippen molar-refractivity contribution in [1.29, 1.82) is 0 Å². The molecule has 0 aliphatic heterocycles. The van der Waals surface area contributed by atoms with E-state index in [4.69, 9.17) is 5.11 Å². The first-order chi connectivity index (χ1) is 8.15. The Balaban J connectivity index is 3.05. The van der Waals surface area contributed by atoms with Crippen LogP contribution in [0.1, 0.15) is 52.2 Å². The van der Waals surface area contributed by atoms with Crippen LogP contribution in [0.4, 0.5) is 0 Å². The molecule has 0 spiro atoms. The quantitative estimate of drug-likeness (QED) is 0.856. The highest BCUT2D eigenvalue weighted by Crippen LogP contribution is 2.37. The number of aliphatic hydroxyl groups is 1. The maximum absolute atomic E-state index is 9.75. The van der Waals surface area contributed by atoms with E-state index in [-0.39, 0.29) is 23.2 Å². The lowest BCUT2D eigenvalue weighted by Gasteiger charge is -2.33. The second-order valence-corrected chi connectivity index (χ2v) is 6.94. The van der Waals surface area contributed by atoms with Gasteiger partial charge in [0.15, 0.2) is 0 Å². The third-order valence-corrected chi connectivity index (χ3v) is 3.21. The maximum atomic E-state index is 9.75. The van der Waals surface area contributed by atoms with Gasteiger partial charge in [0.05, 0.1) is 0 Å². The first-order valence-electron chi connectivity index (χ1n) is 6.59. The molecule has 0 fully saturated rings. The fourth-order valence-corrected chi connectivity index (χ4v) is 2.76. The van der Waals surface area contributed by atoms with Crippen LogP contribution in [0, 0.1) is 5.41 Å². The van der Waals surface area contributed by atoms with Crippen molar-refractivity contribution in [3.63, 3.8) is 0 Å². The van der Waals surface area contributed by atoms with E-state index in [2.05, 4.69) is 34.6 Å². The Bertz CT molecular complexity index is 400. The highest BCUT2D eigenvalue weighted by molar-refractivity contribution is 5.39. The van der Waals surface area contributed by atoms with Gasteiger partial charge in [-0.05, 0) is 40.9 Å². The Labute approximate surface area is 111 Å². The van der Waals surface area contributed by atoms with Gasteiger partial charge >= 0.3 is 0 Å². The van der Waals surface area contributed by atoms with E-state index in [0.29, 0.717) is 6.42 Å². The molecule has 0 aliphatic rings. The van der Waals surface area contributed by atoms with Gasteiger partial charge in [-0.25, -0.2) is 0 Å². The van der Waals surface area contributed by atoms with Crippen LogP contribution in [-0.2, 0) is 11.8 Å². The van der Waals surface area contributed by atoms with E-state index in [9.17, 15) is 5.11 Å². The van der Waals surface area contributed by atoms with Crippen LogP contribution in [0.25, 0.3) is 0 Å². The number of phenolic OH excluding ortho intramolecular Hbond substituents is 1. The Hall–Kier alpha value is -1.02. The second kappa shape index (κ2) is 5.31. The van der Waals surface area contributed by atoms with E-state index in [1.807, 2.05) is 12.1 Å². The van der Waals surface area contributed by atoms with Crippen LogP contribution in [0.15, 0.2) is 18.2 Å². The molecule has 1 rings (SSSR count). The van der Waals surface area contributed by atoms with Gasteiger partial charge in [0.2, 0.25) is 0 Å². The van der Waals surface area contributed by atoms with Crippen molar-refractivity contribution in [2.45, 2.75) is 52.9 Å². The molecule has 1 aromatic carbocycles. The standard InChI is InChI=1S/C16H26O2/c1-15(2,3)11-16(4,5)13-6-7-14(18)12(10-13)8-9-17/h6-7,10,17-18H,8-9,11H2,1-5H3. The van der Waals surface area contributed by atoms with Crippen molar-refractivity contribution in [2.24, 2.45) is 5.41 Å². The number of aliphatic hydroxyl groups excluding tert-OH is 1. The largest absolute Gasteiger partial charge is 0.508 e. The van der Waals surface area contributed by atoms with Gasteiger partial charge < -0.3 is 10.2 Å². The number of rotatable bonds is 4. The van der Waals surface area contributed by atoms with Crippen LogP contribution in [0.2, 0.25) is 0 Å². The minimum atomic E-state index is 0.0656. The summed E-state index contributed by atoms with van der Waals surface area (Å²) in [4.78, 5) is 0. The Morgan fingerprint density at radius 2 is 1.67 bits per heavy atom. The topological polar surface area (TPSA) is 40.5 Å². The number of hydrogen-bond acceptors (Lipinski definition) is 2. The highest BCUT2D eigenvalue weighted by atomic mass is 16.3. The molecule has 0 radical (unpaired) electrons. The van der Waals surface area contributed by atoms with Crippen molar-refractivity contribution in [3.05, 3.63) is 29.3 Å². The molecule has 0 unspecified atom stereocenters. The highest BCUT2D eigenvalue weighted by Gasteiger charge is 2.27. The van der Waals surface area contributed by atoms with Crippen LogP contribution < -0.4 is 0 Å². The third kappa shape index (κ3) is 4.02. The molecule has 0 saturated heterocycles. The summed E-state index contributed by atoms with van der Waals surface area (Å²) in [6.45, 7) is 11.2. The first kappa shape index (κ1) is 15.0. The summed E-state index contributed by atoms with van der Waals surface area (Å²) in [6.07, 6.45) is 1.58. The predicted octanol–water partition coefficient (Wildman–Crippen LogP) is 3.64. The number of phenols is 1. The molecule has 1 aromatic rings. The maximum Gasteiger partial charge on any atom is 0.118 e. The molecular formula is C16H26O2. The van der Waals surface area contributed by atoms with Crippen LogP contribution in [0.5, 0.6) is 5.75 Å². The zero-order valence-corrected chi connectivity index (χ0v) is 12.2. The molecule has 18 heavy (non-hydrogen) atoms. The van der Waals surface area contributed by atoms with Gasteiger partial charge in [0.25, 0.3) is 0 Å². The van der Waals surface area contributed by atoms with Gasteiger partial charge in [-0.15, -0.1) is 0 Å². The molecule has 2 N–H and O–H groups in total. The Kier molecular flexibility index (Phi) is 4.44. The fraction of sp³-hybridized carbons (Fsp3) is 0.625. The first-order valence-corrected chi connectivity index (χ1v) is 6.59. The minimum Gasteiger partial charge on any atom is -0.508 e. The third-order valence-electron chi connectivity index (χ3n) is 3.21. The molecular weight excluding hydrogens is 224 g/mol. The van der Waals surface area contributed by atoms with E-state index in [1.165, 1.54) is 5.56 Å². The average molecular weight is 250 g/mol. The number of benzene rings is 1. The summed E-state index contributed by atoms with van der Waals surface area (Å²) in [5.74, 6) is 0.277. The monoisotopic (exact) mass is 250 g/mol. The molecule has 102 valence electrons. The lowest BCUT2D eigenvalue weighted by Crippen LogP contribution is -2.25. The Morgan fingerprint density at radius 1 is 1.06 bits per heavy atom. The zero-order valence-electron chi connectivity index (χ0n) is 12.2. The summed E-state index contributed by atoms with van der Waals surface area (Å²) in [5, 5.41) is 18.8. The van der Waals surface area contributed by atoms with Crippen molar-refractivity contribution in [2.75, 3.05) is 6.61 Å². The lowest BCUT2D eigenvalue weighted by atomic mass is 9.72. The van der Waals surface area contributed by atoms with Gasteiger partial charge in [-0.3, -0.25) is 0 Å². The van der Waals surface area contributed by atoms with Crippen molar-refractivity contribution in [1.82, 2.24) is 0 Å². The summed E-state index contributed by atoms with van der Waals surface area (Å²) < 4.78 is 0. The Morgan fingerprint density at radius 3 is 2.17 bits per heavy atom. The summed E-state index contributed by atoms with van der Waals surface area (Å²) in [5.41, 5.74) is 2.38. The van der Waals surface area contributed by atoms with E-state index in [1.54, 1.807) is 6.07 Å². The van der Waals surface area contributed by atoms with Crippen molar-refractivity contribution in [3.8, 4) is 5.75 Å². The lowest BCUT2D eigenvalue weighted by molar-refractivity contribution is 0.282. The van der Waals surface area contributed by atoms with Crippen molar-refractivity contribution < 1.29 is 10.2 Å². The fourth-order valence-electron chi connectivity index (χ4n) is 2.76. The van der Waals surface area contributed by atoms with Crippen molar-refractivity contribution >= 4 is 0 Å². The van der Waals surface area contributed by atoms with E-state index < -0.39 is 0 Å². The molecule has 0 heterocycles. The molecule has 0 aromatic heterocycles. The molecule has 2 nitrogen and oxygen atoms in total. The van der Waals surface area contributed by atoms with Gasteiger partial charge in [0.1, 0.15) is 5.75 Å². The zero-order chi connectivity index (χ0) is 14.0. The molecule has 2 heteroatoms. The number of hydrogen-bond donors (Lipinski definition) is 2. The molecule has 0 atom stereocenters. The van der Waals surface area contributed by atoms with Crippen LogP contribution >= 0.6 is 0 Å². The average Bonchev–Trinajstić information content (AvgIpc) is 2.17. The van der Waals surface area contributed by atoms with Crippen LogP contribution in [-0.4, -0.2) is 16.8 Å². The van der Waals surface area contributed by atoms with Gasteiger partial charge in [-0.2, -0.15) is 0 Å². The van der Waals surface area contributed by atoms with Crippen LogP contribution in [0.3, 0.4) is 0 Å². The summed E-state index contributed by atoms with van der Waals surface area (Å²) in [7, 11) is 0. The molecule has 0 saturated carbocycles. The summed E-state index contributed by atoms with van der Waals surface area (Å²) >= 11 is 0. The van der Waals surface area contributed by atoms with E-state index >= 15 is 0 Å². The van der Waals surface area contributed by atoms with E-state index in [0.717, 1.165) is 12.0 Å². The van der Waals surface area contributed by atoms with Gasteiger partial charge in [-0.1, -0.05) is 46.8 Å². The smallest absolute Gasteiger partial charge is 0.118 e. The predicted molar refractivity (Wildman–Crippen MR) is 76.0 cm³/mol. The minimum absolute atomic E-state index is 0.0656. The normalized spacial score (nSPS) is 12.8. The summed E-state index contributed by atoms with van der Waals surface area (Å²) in [6, 6.07) is 5.75. The molecule has 0 aliphatic carbocycles. The molecule has 0 amide bonds. The number of aromatic hydroxyl groups is 1.